The van der Waals surface area contributed by atoms with Crippen LogP contribution in [0.2, 0.25) is 0 Å². The second-order valence-electron chi connectivity index (χ2n) is 6.97. The van der Waals surface area contributed by atoms with Gasteiger partial charge in [-0.2, -0.15) is 0 Å². The Bertz CT molecular complexity index is 566. The van der Waals surface area contributed by atoms with Crippen molar-refractivity contribution in [2.75, 3.05) is 19.7 Å². The lowest BCUT2D eigenvalue weighted by molar-refractivity contribution is -0.125. The first-order valence-electron chi connectivity index (χ1n) is 7.64. The molecule has 3 rings (SSSR count). The van der Waals surface area contributed by atoms with Crippen LogP contribution in [0.15, 0.2) is 18.3 Å². The van der Waals surface area contributed by atoms with Crippen LogP contribution in [0.3, 0.4) is 0 Å². The topological polar surface area (TPSA) is 54.5 Å². The lowest BCUT2D eigenvalue weighted by atomic mass is 10.1. The van der Waals surface area contributed by atoms with Gasteiger partial charge >= 0.3 is 0 Å². The van der Waals surface area contributed by atoms with Crippen LogP contribution < -0.4 is 10.1 Å². The van der Waals surface area contributed by atoms with Gasteiger partial charge in [0.25, 0.3) is 0 Å². The molecule has 0 aromatic carbocycles. The highest BCUT2D eigenvalue weighted by Crippen LogP contribution is 2.52. The van der Waals surface area contributed by atoms with Crippen LogP contribution >= 0.6 is 22.9 Å². The third-order valence-corrected chi connectivity index (χ3v) is 5.23. The molecule has 22 heavy (non-hydrogen) atoms. The van der Waals surface area contributed by atoms with Crippen molar-refractivity contribution in [3.05, 3.63) is 23.9 Å². The summed E-state index contributed by atoms with van der Waals surface area (Å²) in [6, 6.07) is 3.85. The van der Waals surface area contributed by atoms with Crippen LogP contribution in [-0.2, 0) is 4.79 Å². The minimum Gasteiger partial charge on any atom is -0.475 e. The number of rotatable bonds is 5. The highest BCUT2D eigenvalue weighted by atomic mass is 127. The fraction of sp³-hybridized carbons (Fsp3) is 0.625. The average molecular weight is 415 g/mol. The molecule has 1 saturated heterocycles. The van der Waals surface area contributed by atoms with Crippen molar-refractivity contribution in [3.8, 4) is 5.88 Å². The van der Waals surface area contributed by atoms with Gasteiger partial charge in [-0.15, -0.1) is 0 Å². The first kappa shape index (κ1) is 16.0. The molecular formula is C16H22IN3O2. The molecule has 1 unspecified atom stereocenters. The van der Waals surface area contributed by atoms with Gasteiger partial charge in [0.1, 0.15) is 6.61 Å². The minimum absolute atomic E-state index is 0.172. The van der Waals surface area contributed by atoms with E-state index in [2.05, 4.69) is 36.3 Å². The molecule has 3 atom stereocenters. The third kappa shape index (κ3) is 3.37. The second kappa shape index (κ2) is 5.96. The fourth-order valence-corrected chi connectivity index (χ4v) is 4.10. The first-order chi connectivity index (χ1) is 10.4. The number of amides is 1. The van der Waals surface area contributed by atoms with E-state index in [0.29, 0.717) is 24.3 Å². The molecule has 2 fully saturated rings. The Kier molecular flexibility index (Phi) is 4.33. The molecule has 1 aliphatic carbocycles. The largest absolute Gasteiger partial charge is 0.475 e. The Hall–Kier alpha value is -0.890. The van der Waals surface area contributed by atoms with Gasteiger partial charge in [-0.3, -0.25) is 4.79 Å². The van der Waals surface area contributed by atoms with Gasteiger partial charge < -0.3 is 10.1 Å². The van der Waals surface area contributed by atoms with Crippen LogP contribution in [0.5, 0.6) is 5.88 Å². The quantitative estimate of drug-likeness (QED) is 0.592. The predicted molar refractivity (Wildman–Crippen MR) is 92.8 cm³/mol. The SMILES string of the molecule is Cc1cccnc1OCC(C)(C)NC(=O)C1[C@H]2CN(I)C[C@@H]12. The number of hydrogen-bond acceptors (Lipinski definition) is 4. The number of pyridine rings is 1. The maximum atomic E-state index is 12.4. The maximum absolute atomic E-state index is 12.4. The molecule has 2 aliphatic rings. The lowest BCUT2D eigenvalue weighted by Crippen LogP contribution is -2.49. The number of carbonyl (C=O) groups is 1. The molecule has 1 aromatic heterocycles. The zero-order chi connectivity index (χ0) is 15.9. The Morgan fingerprint density at radius 1 is 1.50 bits per heavy atom. The zero-order valence-corrected chi connectivity index (χ0v) is 15.3. The van der Waals surface area contributed by atoms with Crippen molar-refractivity contribution in [1.29, 1.82) is 0 Å². The average Bonchev–Trinajstić information content (AvgIpc) is 2.96. The normalized spacial score (nSPS) is 27.4. The van der Waals surface area contributed by atoms with Gasteiger partial charge in [-0.25, -0.2) is 8.10 Å². The molecule has 1 aliphatic heterocycles. The van der Waals surface area contributed by atoms with Crippen LogP contribution in [-0.4, -0.2) is 39.2 Å². The molecule has 0 bridgehead atoms. The molecule has 6 heteroatoms. The molecule has 1 N–H and O–H groups in total. The summed E-state index contributed by atoms with van der Waals surface area (Å²) in [6.07, 6.45) is 1.72. The number of nitrogens with zero attached hydrogens (tertiary/aromatic N) is 2. The minimum atomic E-state index is -0.401. The van der Waals surface area contributed by atoms with Gasteiger partial charge in [0, 0.05) is 53.6 Å². The summed E-state index contributed by atoms with van der Waals surface area (Å²) in [7, 11) is 0. The third-order valence-electron chi connectivity index (χ3n) is 4.44. The first-order valence-corrected chi connectivity index (χ1v) is 8.61. The molecule has 120 valence electrons. The number of piperidine rings is 1. The summed E-state index contributed by atoms with van der Waals surface area (Å²) in [5, 5.41) is 3.14. The molecular weight excluding hydrogens is 393 g/mol. The van der Waals surface area contributed by atoms with Gasteiger partial charge in [-0.05, 0) is 38.7 Å². The van der Waals surface area contributed by atoms with E-state index in [-0.39, 0.29) is 11.8 Å². The van der Waals surface area contributed by atoms with Crippen LogP contribution in [0, 0.1) is 24.7 Å². The molecule has 0 radical (unpaired) electrons. The smallest absolute Gasteiger partial charge is 0.224 e. The second-order valence-corrected chi connectivity index (χ2v) is 8.33. The van der Waals surface area contributed by atoms with Crippen molar-refractivity contribution in [1.82, 2.24) is 13.4 Å². The number of aryl methyl sites for hydroxylation is 1. The summed E-state index contributed by atoms with van der Waals surface area (Å²) >= 11 is 2.34. The number of aromatic nitrogens is 1. The molecule has 2 heterocycles. The molecule has 0 spiro atoms. The summed E-state index contributed by atoms with van der Waals surface area (Å²) in [4.78, 5) is 16.6. The number of nitrogens with one attached hydrogen (secondary N) is 1. The molecule has 5 nitrogen and oxygen atoms in total. The highest BCUT2D eigenvalue weighted by Gasteiger charge is 2.59. The van der Waals surface area contributed by atoms with E-state index in [1.807, 2.05) is 32.9 Å². The number of fused-ring (bicyclic) bond motifs is 1. The van der Waals surface area contributed by atoms with E-state index < -0.39 is 5.54 Å². The monoisotopic (exact) mass is 415 g/mol. The van der Waals surface area contributed by atoms with Gasteiger partial charge in [0.15, 0.2) is 0 Å². The van der Waals surface area contributed by atoms with Crippen LogP contribution in [0.4, 0.5) is 0 Å². The van der Waals surface area contributed by atoms with Crippen LogP contribution in [0.25, 0.3) is 0 Å². The molecule has 1 saturated carbocycles. The maximum Gasteiger partial charge on any atom is 0.224 e. The van der Waals surface area contributed by atoms with Crippen molar-refractivity contribution in [3.63, 3.8) is 0 Å². The summed E-state index contributed by atoms with van der Waals surface area (Å²) in [5.41, 5.74) is 0.602. The van der Waals surface area contributed by atoms with E-state index in [1.54, 1.807) is 6.20 Å². The van der Waals surface area contributed by atoms with E-state index in [1.165, 1.54) is 0 Å². The van der Waals surface area contributed by atoms with Gasteiger partial charge in [0.05, 0.1) is 5.54 Å². The number of hydrogen-bond donors (Lipinski definition) is 1. The Labute approximate surface area is 145 Å². The summed E-state index contributed by atoms with van der Waals surface area (Å²) < 4.78 is 8.05. The Morgan fingerprint density at radius 3 is 2.82 bits per heavy atom. The highest BCUT2D eigenvalue weighted by molar-refractivity contribution is 14.1. The van der Waals surface area contributed by atoms with Crippen molar-refractivity contribution < 1.29 is 9.53 Å². The van der Waals surface area contributed by atoms with E-state index in [9.17, 15) is 4.79 Å². The molecule has 1 amide bonds. The standard InChI is InChI=1S/C16H22IN3O2/c1-10-5-4-6-18-15(10)22-9-16(2,3)19-14(21)13-11-7-20(17)8-12(11)13/h4-6,11-13H,7-9H2,1-3H3,(H,19,21)/t11-,12+,13?. The van der Waals surface area contributed by atoms with Crippen molar-refractivity contribution in [2.24, 2.45) is 17.8 Å². The van der Waals surface area contributed by atoms with E-state index >= 15 is 0 Å². The van der Waals surface area contributed by atoms with E-state index in [4.69, 9.17) is 4.74 Å². The Morgan fingerprint density at radius 2 is 2.18 bits per heavy atom. The fourth-order valence-electron chi connectivity index (χ4n) is 3.19. The lowest BCUT2D eigenvalue weighted by Gasteiger charge is -2.27. The number of carbonyl (C=O) groups excluding carboxylic acids is 1. The molecule has 1 aromatic rings. The predicted octanol–water partition coefficient (Wildman–Crippen LogP) is 2.19. The van der Waals surface area contributed by atoms with Crippen molar-refractivity contribution in [2.45, 2.75) is 26.3 Å². The van der Waals surface area contributed by atoms with Crippen molar-refractivity contribution >= 4 is 28.8 Å². The van der Waals surface area contributed by atoms with E-state index in [0.717, 1.165) is 18.7 Å². The summed E-state index contributed by atoms with van der Waals surface area (Å²) in [5.74, 6) is 2.10. The summed E-state index contributed by atoms with van der Waals surface area (Å²) in [6.45, 7) is 8.44. The van der Waals surface area contributed by atoms with Crippen LogP contribution in [0.1, 0.15) is 19.4 Å². The zero-order valence-electron chi connectivity index (χ0n) is 13.2. The van der Waals surface area contributed by atoms with Gasteiger partial charge in [-0.1, -0.05) is 6.07 Å². The Balaban J connectivity index is 1.51. The van der Waals surface area contributed by atoms with Gasteiger partial charge in [0.2, 0.25) is 11.8 Å². The number of ether oxygens (including phenoxy) is 1. The number of halogens is 1.